The third-order valence-electron chi connectivity index (χ3n) is 3.53. The number of aromatic nitrogens is 3. The van der Waals surface area contributed by atoms with Crippen molar-refractivity contribution in [1.82, 2.24) is 19.7 Å². The fourth-order valence-electron chi connectivity index (χ4n) is 2.30. The first-order valence-corrected chi connectivity index (χ1v) is 8.41. The average Bonchev–Trinajstić information content (AvgIpc) is 3.16. The van der Waals surface area contributed by atoms with E-state index >= 15 is 0 Å². The van der Waals surface area contributed by atoms with Crippen LogP contribution in [0.25, 0.3) is 10.6 Å². The molecule has 0 saturated heterocycles. The smallest absolute Gasteiger partial charge is 0.321 e. The number of carbonyl (C=O) groups is 1. The van der Waals surface area contributed by atoms with Gasteiger partial charge in [-0.05, 0) is 31.2 Å². The molecule has 0 fully saturated rings. The molecule has 2 aromatic heterocycles. The van der Waals surface area contributed by atoms with E-state index in [1.807, 2.05) is 49.8 Å². The zero-order valence-electron chi connectivity index (χ0n) is 13.9. The van der Waals surface area contributed by atoms with Crippen LogP contribution in [-0.4, -0.2) is 32.7 Å². The summed E-state index contributed by atoms with van der Waals surface area (Å²) in [6.45, 7) is 2.49. The van der Waals surface area contributed by atoms with Gasteiger partial charge in [0.2, 0.25) is 0 Å². The van der Waals surface area contributed by atoms with Crippen molar-refractivity contribution in [3.05, 3.63) is 53.3 Å². The number of amides is 2. The molecular weight excluding hydrogens is 322 g/mol. The minimum absolute atomic E-state index is 0.156. The maximum atomic E-state index is 12.3. The third-order valence-corrected chi connectivity index (χ3v) is 4.54. The van der Waals surface area contributed by atoms with E-state index in [0.29, 0.717) is 6.54 Å². The number of thiazole rings is 1. The van der Waals surface area contributed by atoms with Crippen molar-refractivity contribution < 1.29 is 4.79 Å². The lowest BCUT2D eigenvalue weighted by Gasteiger charge is -2.17. The highest BCUT2D eigenvalue weighted by Crippen LogP contribution is 2.24. The van der Waals surface area contributed by atoms with Gasteiger partial charge in [-0.3, -0.25) is 4.68 Å². The van der Waals surface area contributed by atoms with E-state index in [1.165, 1.54) is 0 Å². The molecule has 0 spiro atoms. The number of hydrogen-bond acceptors (Lipinski definition) is 4. The van der Waals surface area contributed by atoms with Gasteiger partial charge in [0, 0.05) is 48.2 Å². The summed E-state index contributed by atoms with van der Waals surface area (Å²) in [4.78, 5) is 18.3. The van der Waals surface area contributed by atoms with Crippen molar-refractivity contribution in [2.75, 3.05) is 12.4 Å². The molecule has 0 unspecified atom stereocenters. The second-order valence-electron chi connectivity index (χ2n) is 5.68. The maximum absolute atomic E-state index is 12.3. The molecule has 3 aromatic rings. The molecule has 1 aromatic carbocycles. The van der Waals surface area contributed by atoms with E-state index < -0.39 is 0 Å². The van der Waals surface area contributed by atoms with Gasteiger partial charge < -0.3 is 10.2 Å². The number of carbonyl (C=O) groups excluding carboxylic acids is 1. The molecule has 2 amide bonds. The van der Waals surface area contributed by atoms with E-state index in [9.17, 15) is 4.79 Å². The monoisotopic (exact) mass is 341 g/mol. The lowest BCUT2D eigenvalue weighted by atomic mass is 10.2. The molecule has 0 aliphatic rings. The van der Waals surface area contributed by atoms with Crippen LogP contribution in [0.15, 0.2) is 42.0 Å². The summed E-state index contributed by atoms with van der Waals surface area (Å²) in [5, 5.41) is 10.0. The summed E-state index contributed by atoms with van der Waals surface area (Å²) in [5.41, 5.74) is 3.82. The van der Waals surface area contributed by atoms with E-state index in [1.54, 1.807) is 34.2 Å². The van der Waals surface area contributed by atoms with Crippen molar-refractivity contribution in [1.29, 1.82) is 0 Å². The predicted octanol–water partition coefficient (Wildman–Crippen LogP) is 3.52. The molecule has 0 radical (unpaired) electrons. The summed E-state index contributed by atoms with van der Waals surface area (Å²) in [7, 11) is 3.62. The fraction of sp³-hybridized carbons (Fsp3) is 0.235. The quantitative estimate of drug-likeness (QED) is 0.790. The van der Waals surface area contributed by atoms with Gasteiger partial charge in [0.25, 0.3) is 0 Å². The normalized spacial score (nSPS) is 10.6. The minimum atomic E-state index is -0.156. The largest absolute Gasteiger partial charge is 0.323 e. The van der Waals surface area contributed by atoms with Gasteiger partial charge in [0.1, 0.15) is 5.01 Å². The highest BCUT2D eigenvalue weighted by Gasteiger charge is 2.11. The highest BCUT2D eigenvalue weighted by molar-refractivity contribution is 7.13. The zero-order valence-corrected chi connectivity index (χ0v) is 14.7. The maximum Gasteiger partial charge on any atom is 0.321 e. The van der Waals surface area contributed by atoms with Gasteiger partial charge >= 0.3 is 6.03 Å². The van der Waals surface area contributed by atoms with Gasteiger partial charge in [0.15, 0.2) is 0 Å². The molecule has 3 rings (SSSR count). The van der Waals surface area contributed by atoms with Crippen LogP contribution in [0.3, 0.4) is 0 Å². The van der Waals surface area contributed by atoms with Gasteiger partial charge in [0.05, 0.1) is 12.7 Å². The van der Waals surface area contributed by atoms with Crippen LogP contribution in [0.4, 0.5) is 10.5 Å². The molecule has 0 atom stereocenters. The van der Waals surface area contributed by atoms with Crippen molar-refractivity contribution >= 4 is 23.1 Å². The number of anilines is 1. The minimum Gasteiger partial charge on any atom is -0.323 e. The molecule has 1 N–H and O–H groups in total. The Hall–Kier alpha value is -2.67. The third kappa shape index (κ3) is 3.80. The number of nitrogens with zero attached hydrogens (tertiary/aromatic N) is 4. The summed E-state index contributed by atoms with van der Waals surface area (Å²) >= 11 is 1.62. The molecule has 24 heavy (non-hydrogen) atoms. The summed E-state index contributed by atoms with van der Waals surface area (Å²) in [5.74, 6) is 0. The van der Waals surface area contributed by atoms with Crippen molar-refractivity contribution in [2.45, 2.75) is 13.5 Å². The number of urea groups is 1. The Morgan fingerprint density at radius 2 is 2.08 bits per heavy atom. The lowest BCUT2D eigenvalue weighted by Crippen LogP contribution is -2.30. The number of nitrogens with one attached hydrogen (secondary N) is 1. The van der Waals surface area contributed by atoms with Crippen LogP contribution >= 0.6 is 11.3 Å². The first-order valence-electron chi connectivity index (χ1n) is 7.53. The summed E-state index contributed by atoms with van der Waals surface area (Å²) < 4.78 is 1.72. The fourth-order valence-corrected chi connectivity index (χ4v) is 3.10. The molecule has 0 aliphatic heterocycles. The van der Waals surface area contributed by atoms with E-state index in [-0.39, 0.29) is 6.03 Å². The molecule has 0 saturated carbocycles. The van der Waals surface area contributed by atoms with Crippen LogP contribution in [0.5, 0.6) is 0 Å². The lowest BCUT2D eigenvalue weighted by molar-refractivity contribution is 0.220. The standard InChI is InChI=1S/C17H19N5OS/c1-12-11-24-16(19-12)14-4-6-15(7-5-14)20-17(23)21(2)9-13-8-18-22(3)10-13/h4-8,10-11H,9H2,1-3H3,(H,20,23). The number of rotatable bonds is 4. The van der Waals surface area contributed by atoms with E-state index in [2.05, 4.69) is 15.4 Å². The molecule has 2 heterocycles. The van der Waals surface area contributed by atoms with Gasteiger partial charge in [-0.1, -0.05) is 0 Å². The first-order chi connectivity index (χ1) is 11.5. The Balaban J connectivity index is 1.61. The molecule has 0 aliphatic carbocycles. The SMILES string of the molecule is Cc1csc(-c2ccc(NC(=O)N(C)Cc3cnn(C)c3)cc2)n1. The summed E-state index contributed by atoms with van der Waals surface area (Å²) in [6.07, 6.45) is 3.66. The summed E-state index contributed by atoms with van der Waals surface area (Å²) in [6, 6.07) is 7.56. The second kappa shape index (κ2) is 6.84. The number of hydrogen-bond donors (Lipinski definition) is 1. The van der Waals surface area contributed by atoms with Gasteiger partial charge in [-0.25, -0.2) is 9.78 Å². The van der Waals surface area contributed by atoms with Gasteiger partial charge in [-0.15, -0.1) is 11.3 Å². The van der Waals surface area contributed by atoms with Crippen molar-refractivity contribution in [3.8, 4) is 10.6 Å². The zero-order chi connectivity index (χ0) is 17.1. The Morgan fingerprint density at radius 3 is 2.67 bits per heavy atom. The number of aryl methyl sites for hydroxylation is 2. The van der Waals surface area contributed by atoms with Crippen LogP contribution in [0.1, 0.15) is 11.3 Å². The molecule has 0 bridgehead atoms. The second-order valence-corrected chi connectivity index (χ2v) is 6.54. The topological polar surface area (TPSA) is 63.1 Å². The van der Waals surface area contributed by atoms with Crippen LogP contribution in [-0.2, 0) is 13.6 Å². The van der Waals surface area contributed by atoms with Crippen LogP contribution < -0.4 is 5.32 Å². The molecular formula is C17H19N5OS. The van der Waals surface area contributed by atoms with Crippen LogP contribution in [0.2, 0.25) is 0 Å². The Morgan fingerprint density at radius 1 is 1.33 bits per heavy atom. The predicted molar refractivity (Wildman–Crippen MR) is 96.0 cm³/mol. The van der Waals surface area contributed by atoms with Crippen molar-refractivity contribution in [2.24, 2.45) is 7.05 Å². The van der Waals surface area contributed by atoms with Crippen molar-refractivity contribution in [3.63, 3.8) is 0 Å². The molecule has 7 heteroatoms. The first kappa shape index (κ1) is 16.2. The van der Waals surface area contributed by atoms with Gasteiger partial charge in [-0.2, -0.15) is 5.10 Å². The van der Waals surface area contributed by atoms with E-state index in [4.69, 9.17) is 0 Å². The Kier molecular flexibility index (Phi) is 4.61. The Labute approximate surface area is 144 Å². The Bertz CT molecular complexity index is 837. The number of benzene rings is 1. The molecule has 124 valence electrons. The average molecular weight is 341 g/mol. The highest BCUT2D eigenvalue weighted by atomic mass is 32.1. The van der Waals surface area contributed by atoms with E-state index in [0.717, 1.165) is 27.5 Å². The van der Waals surface area contributed by atoms with Crippen LogP contribution in [0, 0.1) is 6.92 Å². The molecule has 6 nitrogen and oxygen atoms in total.